The zero-order valence-corrected chi connectivity index (χ0v) is 38.8. The lowest BCUT2D eigenvalue weighted by molar-refractivity contribution is -0.140. The third kappa shape index (κ3) is 11.5. The highest BCUT2D eigenvalue weighted by atomic mass is 35.5. The molecule has 0 unspecified atom stereocenters. The van der Waals surface area contributed by atoms with Gasteiger partial charge in [-0.3, -0.25) is 19.6 Å². The van der Waals surface area contributed by atoms with Crippen LogP contribution in [0.2, 0.25) is 10.0 Å². The Morgan fingerprint density at radius 2 is 1.01 bits per heavy atom. The highest BCUT2D eigenvalue weighted by Crippen LogP contribution is 2.38. The van der Waals surface area contributed by atoms with Crippen LogP contribution in [0.1, 0.15) is 68.5 Å². The summed E-state index contributed by atoms with van der Waals surface area (Å²) >= 11 is 13.7. The SMILES string of the molecule is Cc1c(COc2cc(OCc3cncc(C#N)c3)c(CN[C@H]3CCOC3=O)cc2Cl)cccc1-c1cccc(COc2cc(OCc3cncc(C#N)c3)c(CN[C@H]3CCOC3=O)cc2Cl)c1C. The number of nitrogens with zero attached hydrogens (tertiary/aromatic N) is 4. The van der Waals surface area contributed by atoms with Crippen LogP contribution in [0.4, 0.5) is 0 Å². The predicted octanol–water partition coefficient (Wildman–Crippen LogP) is 8.94. The van der Waals surface area contributed by atoms with Crippen molar-refractivity contribution in [1.82, 2.24) is 20.6 Å². The minimum absolute atomic E-state index is 0.137. The minimum atomic E-state index is -0.434. The topological polar surface area (TPSA) is 187 Å². The van der Waals surface area contributed by atoms with Gasteiger partial charge in [0.25, 0.3) is 0 Å². The number of carbonyl (C=O) groups is 2. The van der Waals surface area contributed by atoms with E-state index in [1.165, 1.54) is 12.4 Å². The summed E-state index contributed by atoms with van der Waals surface area (Å²) in [7, 11) is 0. The number of cyclic esters (lactones) is 2. The Morgan fingerprint density at radius 1 is 0.588 bits per heavy atom. The van der Waals surface area contributed by atoms with Crippen molar-refractivity contribution in [1.29, 1.82) is 10.5 Å². The van der Waals surface area contributed by atoms with Gasteiger partial charge in [-0.1, -0.05) is 59.6 Å². The highest BCUT2D eigenvalue weighted by Gasteiger charge is 2.28. The third-order valence-corrected chi connectivity index (χ3v) is 12.4. The summed E-state index contributed by atoms with van der Waals surface area (Å²) < 4.78 is 35.6. The van der Waals surface area contributed by atoms with E-state index in [-0.39, 0.29) is 38.4 Å². The van der Waals surface area contributed by atoms with Crippen molar-refractivity contribution in [2.45, 2.75) is 78.3 Å². The summed E-state index contributed by atoms with van der Waals surface area (Å²) in [5.41, 5.74) is 9.67. The van der Waals surface area contributed by atoms with Gasteiger partial charge < -0.3 is 39.1 Å². The van der Waals surface area contributed by atoms with Gasteiger partial charge in [0.15, 0.2) is 0 Å². The van der Waals surface area contributed by atoms with E-state index in [2.05, 4.69) is 58.7 Å². The Hall–Kier alpha value is -7.20. The van der Waals surface area contributed by atoms with Crippen molar-refractivity contribution in [2.75, 3.05) is 13.2 Å². The molecule has 0 saturated carbocycles. The van der Waals surface area contributed by atoms with Crippen LogP contribution in [-0.4, -0.2) is 47.2 Å². The maximum Gasteiger partial charge on any atom is 0.323 e. The summed E-state index contributed by atoms with van der Waals surface area (Å²) in [6, 6.07) is 25.9. The lowest BCUT2D eigenvalue weighted by atomic mass is 9.92. The average Bonchev–Trinajstić information content (AvgIpc) is 3.97. The van der Waals surface area contributed by atoms with E-state index in [4.69, 9.17) is 51.6 Å². The molecule has 2 atom stereocenters. The molecule has 2 aromatic heterocycles. The van der Waals surface area contributed by atoms with Gasteiger partial charge in [-0.25, -0.2) is 0 Å². The van der Waals surface area contributed by atoms with Crippen molar-refractivity contribution < 1.29 is 38.0 Å². The number of esters is 2. The van der Waals surface area contributed by atoms with Gasteiger partial charge in [-0.15, -0.1) is 0 Å². The van der Waals surface area contributed by atoms with Crippen LogP contribution in [0.15, 0.2) is 97.6 Å². The normalized spacial score (nSPS) is 15.3. The van der Waals surface area contributed by atoms with Gasteiger partial charge in [-0.05, 0) is 71.5 Å². The molecule has 0 bridgehead atoms. The van der Waals surface area contributed by atoms with Gasteiger partial charge in [-0.2, -0.15) is 10.5 Å². The van der Waals surface area contributed by atoms with Crippen molar-refractivity contribution in [3.63, 3.8) is 0 Å². The van der Waals surface area contributed by atoms with E-state index < -0.39 is 12.1 Å². The number of aromatic nitrogens is 2. The number of carbonyl (C=O) groups excluding carboxylic acids is 2. The number of halogens is 2. The van der Waals surface area contributed by atoms with Crippen molar-refractivity contribution >= 4 is 35.1 Å². The van der Waals surface area contributed by atoms with E-state index >= 15 is 0 Å². The number of benzene rings is 4. The summed E-state index contributed by atoms with van der Waals surface area (Å²) in [5, 5.41) is 26.0. The fraction of sp³-hybridized carbons (Fsp3) is 0.269. The molecule has 0 radical (unpaired) electrons. The number of nitriles is 2. The van der Waals surface area contributed by atoms with Gasteiger partial charge in [0.2, 0.25) is 0 Å². The number of hydrogen-bond acceptors (Lipinski definition) is 14. The Morgan fingerprint density at radius 3 is 1.41 bits per heavy atom. The van der Waals surface area contributed by atoms with E-state index in [1.54, 1.807) is 48.8 Å². The monoisotopic (exact) mass is 952 g/mol. The molecule has 0 aliphatic carbocycles. The fourth-order valence-corrected chi connectivity index (χ4v) is 8.38. The third-order valence-electron chi connectivity index (χ3n) is 11.8. The molecule has 16 heteroatoms. The lowest BCUT2D eigenvalue weighted by Gasteiger charge is -2.19. The first-order valence-corrected chi connectivity index (χ1v) is 22.6. The van der Waals surface area contributed by atoms with Gasteiger partial charge >= 0.3 is 11.9 Å². The van der Waals surface area contributed by atoms with E-state index in [1.807, 2.05) is 24.3 Å². The van der Waals surface area contributed by atoms with Gasteiger partial charge in [0.05, 0.1) is 34.4 Å². The minimum Gasteiger partial charge on any atom is -0.488 e. The Kier molecular flexibility index (Phi) is 15.3. The number of hydrogen-bond donors (Lipinski definition) is 2. The first kappa shape index (κ1) is 47.3. The first-order valence-electron chi connectivity index (χ1n) is 21.9. The van der Waals surface area contributed by atoms with E-state index in [9.17, 15) is 20.1 Å². The molecule has 2 aliphatic heterocycles. The first-order chi connectivity index (χ1) is 33.1. The summed E-state index contributed by atoms with van der Waals surface area (Å²) in [4.78, 5) is 32.6. The number of rotatable bonds is 19. The molecule has 0 spiro atoms. The van der Waals surface area contributed by atoms with E-state index in [0.29, 0.717) is 94.4 Å². The van der Waals surface area contributed by atoms with Crippen LogP contribution in [0.3, 0.4) is 0 Å². The van der Waals surface area contributed by atoms with Crippen molar-refractivity contribution in [3.05, 3.63) is 163 Å². The Labute approximate surface area is 403 Å². The summed E-state index contributed by atoms with van der Waals surface area (Å²) in [5.74, 6) is 1.22. The lowest BCUT2D eigenvalue weighted by Crippen LogP contribution is -2.32. The van der Waals surface area contributed by atoms with Crippen LogP contribution in [0, 0.1) is 36.5 Å². The van der Waals surface area contributed by atoms with Crippen LogP contribution >= 0.6 is 23.2 Å². The van der Waals surface area contributed by atoms with Crippen LogP contribution < -0.4 is 29.6 Å². The molecular formula is C52H46Cl2N6O8. The maximum atomic E-state index is 12.2. The largest absolute Gasteiger partial charge is 0.488 e. The molecule has 68 heavy (non-hydrogen) atoms. The number of ether oxygens (including phenoxy) is 6. The number of nitrogens with one attached hydrogen (secondary N) is 2. The molecule has 2 saturated heterocycles. The predicted molar refractivity (Wildman–Crippen MR) is 252 cm³/mol. The smallest absolute Gasteiger partial charge is 0.323 e. The molecule has 4 heterocycles. The zero-order valence-electron chi connectivity index (χ0n) is 37.3. The summed E-state index contributed by atoms with van der Waals surface area (Å²) in [6.07, 6.45) is 7.38. The quantitative estimate of drug-likeness (QED) is 0.0733. The maximum absolute atomic E-state index is 12.2. The Balaban J connectivity index is 0.981. The van der Waals surface area contributed by atoms with Crippen LogP contribution in [0.5, 0.6) is 23.0 Å². The molecule has 0 amide bonds. The number of pyridine rings is 2. The molecule has 2 N–H and O–H groups in total. The molecule has 2 aliphatic rings. The molecule has 2 fully saturated rings. The molecule has 4 aromatic carbocycles. The van der Waals surface area contributed by atoms with Gasteiger partial charge in [0, 0.05) is 85.1 Å². The molecule has 6 aromatic rings. The second-order valence-electron chi connectivity index (χ2n) is 16.3. The Bertz CT molecular complexity index is 2740. The molecule has 346 valence electrons. The molecule has 8 rings (SSSR count). The van der Waals surface area contributed by atoms with E-state index in [0.717, 1.165) is 44.5 Å². The average molecular weight is 954 g/mol. The highest BCUT2D eigenvalue weighted by molar-refractivity contribution is 6.32. The standard InChI is InChI=1S/C52H46Cl2N6O8/c1-31-37(29-67-49-17-47(65-27-35-13-33(19-55)21-57-23-35)39(15-43(49)53)25-59-45-9-11-63-51(45)61)5-3-7-41(31)42-8-4-6-38(32(42)2)30-68-50-18-48(66-28-36-14-34(20-56)22-58-24-36)40(16-44(50)54)26-60-46-10-12-64-52(46)62/h3-8,13-18,21-24,45-46,59-60H,9-12,25-30H2,1-2H3/t45-,46-/m0/s1. The second kappa shape index (κ2) is 22.1. The second-order valence-corrected chi connectivity index (χ2v) is 17.1. The van der Waals surface area contributed by atoms with Crippen molar-refractivity contribution in [3.8, 4) is 46.3 Å². The van der Waals surface area contributed by atoms with Crippen molar-refractivity contribution in [2.24, 2.45) is 0 Å². The molecular weight excluding hydrogens is 908 g/mol. The van der Waals surface area contributed by atoms with Gasteiger partial charge in [0.1, 0.15) is 73.6 Å². The fourth-order valence-electron chi connectivity index (χ4n) is 7.90. The molecule has 14 nitrogen and oxygen atoms in total. The zero-order chi connectivity index (χ0) is 47.6. The van der Waals surface area contributed by atoms with Crippen LogP contribution in [-0.2, 0) is 58.6 Å². The van der Waals surface area contributed by atoms with Crippen LogP contribution in [0.25, 0.3) is 11.1 Å². The summed E-state index contributed by atoms with van der Waals surface area (Å²) in [6.45, 7) is 6.11.